The number of benzene rings is 1. The minimum atomic E-state index is -0.399. The van der Waals surface area contributed by atoms with Gasteiger partial charge in [0.05, 0.1) is 35.3 Å². The zero-order chi connectivity index (χ0) is 28.0. The number of hydrogen-bond acceptors (Lipinski definition) is 8. The van der Waals surface area contributed by atoms with Crippen molar-refractivity contribution in [2.45, 2.75) is 53.4 Å². The third kappa shape index (κ3) is 4.54. The Balaban J connectivity index is 1.81. The minimum absolute atomic E-state index is 0.124. The number of anilines is 2. The Morgan fingerprint density at radius 1 is 1.36 bits per heavy atom. The lowest BCUT2D eigenvalue weighted by molar-refractivity contribution is 0.0899. The number of nitriles is 1. The van der Waals surface area contributed by atoms with E-state index in [0.717, 1.165) is 68.5 Å². The van der Waals surface area contributed by atoms with E-state index in [2.05, 4.69) is 34.1 Å². The molecule has 1 saturated heterocycles. The van der Waals surface area contributed by atoms with Crippen LogP contribution in [0.5, 0.6) is 0 Å². The van der Waals surface area contributed by atoms with Gasteiger partial charge in [0.25, 0.3) is 0 Å². The van der Waals surface area contributed by atoms with Crippen molar-refractivity contribution in [1.29, 1.82) is 5.26 Å². The van der Waals surface area contributed by atoms with Crippen molar-refractivity contribution in [2.24, 2.45) is 5.92 Å². The summed E-state index contributed by atoms with van der Waals surface area (Å²) in [4.78, 5) is 12.3. The predicted octanol–water partition coefficient (Wildman–Crippen LogP) is 5.71. The van der Waals surface area contributed by atoms with Gasteiger partial charge in [-0.05, 0) is 42.5 Å². The monoisotopic (exact) mass is 565 g/mol. The first-order chi connectivity index (χ1) is 18.7. The zero-order valence-corrected chi connectivity index (χ0v) is 24.9. The van der Waals surface area contributed by atoms with Crippen molar-refractivity contribution in [3.8, 4) is 6.07 Å². The second-order valence-corrected chi connectivity index (χ2v) is 11.8. The smallest absolute Gasteiger partial charge is 0.225 e. The molecule has 2 aliphatic heterocycles. The molecule has 0 bridgehead atoms. The molecule has 3 unspecified atom stereocenters. The fraction of sp³-hybridized carbons (Fsp3) is 0.414. The van der Waals surface area contributed by atoms with Crippen molar-refractivity contribution in [3.63, 3.8) is 0 Å². The Bertz CT molecular complexity index is 1570. The Morgan fingerprint density at radius 3 is 2.74 bits per heavy atom. The second kappa shape index (κ2) is 10.9. The van der Waals surface area contributed by atoms with Gasteiger partial charge in [0.2, 0.25) is 5.95 Å². The van der Waals surface area contributed by atoms with Crippen molar-refractivity contribution in [2.75, 3.05) is 30.8 Å². The van der Waals surface area contributed by atoms with E-state index in [1.165, 1.54) is 6.08 Å². The number of halogens is 1. The molecular weight excluding hydrogens is 532 g/mol. The maximum Gasteiger partial charge on any atom is 0.225 e. The topological polar surface area (TPSA) is 97.3 Å². The molecule has 0 saturated carbocycles. The number of methoxy groups -OCH3 is 1. The van der Waals surface area contributed by atoms with E-state index < -0.39 is 5.83 Å². The minimum Gasteiger partial charge on any atom is -0.389 e. The van der Waals surface area contributed by atoms with Crippen LogP contribution in [-0.4, -0.2) is 36.3 Å². The Labute approximate surface area is 234 Å². The molecule has 0 amide bonds. The maximum absolute atomic E-state index is 15.3. The molecule has 39 heavy (non-hydrogen) atoms. The number of allylic oxidation sites excluding steroid dienone is 2. The van der Waals surface area contributed by atoms with E-state index in [1.807, 2.05) is 13.1 Å². The SMILES string of the molecule is C/C=C(/F)c1sc(N)c(C#N)c1/C(=C(\C)CC)c1c2c(c3cnc(N4CC(C)C(OC)C4)nc3c1P)COC2. The lowest BCUT2D eigenvalue weighted by atomic mass is 9.85. The number of fused-ring (bicyclic) bond motifs is 3. The Morgan fingerprint density at radius 2 is 2.10 bits per heavy atom. The lowest BCUT2D eigenvalue weighted by Crippen LogP contribution is -2.24. The van der Waals surface area contributed by atoms with E-state index in [-0.39, 0.29) is 6.10 Å². The van der Waals surface area contributed by atoms with E-state index in [4.69, 9.17) is 25.2 Å². The Hall–Kier alpha value is -2.89. The van der Waals surface area contributed by atoms with E-state index in [9.17, 15) is 5.26 Å². The molecule has 10 heteroatoms. The molecule has 0 aliphatic carbocycles. The van der Waals surface area contributed by atoms with Crippen LogP contribution in [0.2, 0.25) is 0 Å². The molecule has 1 aromatic carbocycles. The van der Waals surface area contributed by atoms with Gasteiger partial charge in [-0.15, -0.1) is 20.6 Å². The summed E-state index contributed by atoms with van der Waals surface area (Å²) in [6.45, 7) is 10.3. The van der Waals surface area contributed by atoms with Crippen LogP contribution in [0.4, 0.5) is 15.3 Å². The average molecular weight is 566 g/mol. The summed E-state index contributed by atoms with van der Waals surface area (Å²) in [7, 11) is 4.61. The molecule has 1 fully saturated rings. The van der Waals surface area contributed by atoms with Crippen LogP contribution in [0.1, 0.15) is 66.8 Å². The van der Waals surface area contributed by atoms with Gasteiger partial charge in [0, 0.05) is 48.6 Å². The summed E-state index contributed by atoms with van der Waals surface area (Å²) < 4.78 is 26.9. The van der Waals surface area contributed by atoms with Gasteiger partial charge < -0.3 is 20.1 Å². The van der Waals surface area contributed by atoms with Gasteiger partial charge in [0.1, 0.15) is 16.9 Å². The number of thiophene rings is 1. The highest BCUT2D eigenvalue weighted by Crippen LogP contribution is 2.46. The summed E-state index contributed by atoms with van der Waals surface area (Å²) in [6.07, 6.45) is 4.13. The number of ether oxygens (including phenoxy) is 2. The van der Waals surface area contributed by atoms with Gasteiger partial charge in [-0.2, -0.15) is 5.26 Å². The van der Waals surface area contributed by atoms with Gasteiger partial charge in [-0.1, -0.05) is 25.5 Å². The van der Waals surface area contributed by atoms with E-state index in [0.29, 0.717) is 52.5 Å². The third-order valence-corrected chi connectivity index (χ3v) is 9.48. The van der Waals surface area contributed by atoms with Crippen molar-refractivity contribution >= 4 is 59.1 Å². The molecule has 4 heterocycles. The van der Waals surface area contributed by atoms with Gasteiger partial charge in [0.15, 0.2) is 0 Å². The first kappa shape index (κ1) is 27.7. The summed E-state index contributed by atoms with van der Waals surface area (Å²) in [5.74, 6) is 0.617. The van der Waals surface area contributed by atoms with E-state index in [1.54, 1.807) is 14.0 Å². The summed E-state index contributed by atoms with van der Waals surface area (Å²) in [5, 5.41) is 12.2. The van der Waals surface area contributed by atoms with Crippen molar-refractivity contribution < 1.29 is 13.9 Å². The highest BCUT2D eigenvalue weighted by atomic mass is 32.1. The molecular formula is C29H33FN5O2PS. The zero-order valence-electron chi connectivity index (χ0n) is 22.9. The van der Waals surface area contributed by atoms with Crippen LogP contribution in [0.15, 0.2) is 17.8 Å². The number of nitrogen functional groups attached to an aromatic ring is 1. The van der Waals surface area contributed by atoms with Crippen LogP contribution >= 0.6 is 20.6 Å². The maximum atomic E-state index is 15.3. The summed E-state index contributed by atoms with van der Waals surface area (Å²) in [6, 6.07) is 2.25. The number of nitrogens with two attached hydrogens (primary N) is 1. The van der Waals surface area contributed by atoms with Crippen LogP contribution in [0, 0.1) is 17.2 Å². The van der Waals surface area contributed by atoms with Gasteiger partial charge >= 0.3 is 0 Å². The molecule has 204 valence electrons. The van der Waals surface area contributed by atoms with Gasteiger partial charge in [-0.25, -0.2) is 14.4 Å². The second-order valence-electron chi connectivity index (χ2n) is 10.1. The largest absolute Gasteiger partial charge is 0.389 e. The predicted molar refractivity (Wildman–Crippen MR) is 160 cm³/mol. The van der Waals surface area contributed by atoms with E-state index >= 15 is 4.39 Å². The molecule has 5 rings (SSSR count). The fourth-order valence-electron chi connectivity index (χ4n) is 5.64. The quantitative estimate of drug-likeness (QED) is 0.383. The highest BCUT2D eigenvalue weighted by Gasteiger charge is 2.33. The summed E-state index contributed by atoms with van der Waals surface area (Å²) in [5.41, 5.74) is 12.7. The van der Waals surface area contributed by atoms with Crippen LogP contribution in [0.3, 0.4) is 0 Å². The van der Waals surface area contributed by atoms with Crippen LogP contribution < -0.4 is 15.9 Å². The number of hydrogen-bond donors (Lipinski definition) is 1. The number of rotatable bonds is 6. The molecule has 7 nitrogen and oxygen atoms in total. The molecule has 0 spiro atoms. The van der Waals surface area contributed by atoms with Crippen LogP contribution in [0.25, 0.3) is 22.3 Å². The molecule has 3 aromatic rings. The lowest BCUT2D eigenvalue weighted by Gasteiger charge is -2.22. The van der Waals surface area contributed by atoms with Crippen LogP contribution in [-0.2, 0) is 22.7 Å². The van der Waals surface area contributed by atoms with Crippen molar-refractivity contribution in [1.82, 2.24) is 9.97 Å². The summed E-state index contributed by atoms with van der Waals surface area (Å²) >= 11 is 1.11. The first-order valence-corrected chi connectivity index (χ1v) is 14.4. The molecule has 3 atom stereocenters. The normalized spacial score (nSPS) is 19.9. The number of aromatic nitrogens is 2. The Kier molecular flexibility index (Phi) is 7.76. The van der Waals surface area contributed by atoms with Crippen molar-refractivity contribution in [3.05, 3.63) is 50.5 Å². The van der Waals surface area contributed by atoms with Gasteiger partial charge in [-0.3, -0.25) is 0 Å². The third-order valence-electron chi connectivity index (χ3n) is 7.89. The highest BCUT2D eigenvalue weighted by molar-refractivity contribution is 7.28. The molecule has 2 aliphatic rings. The fourth-order valence-corrected chi connectivity index (χ4v) is 7.17. The molecule has 2 N–H and O–H groups in total. The average Bonchev–Trinajstić information content (AvgIpc) is 3.66. The molecule has 0 radical (unpaired) electrons. The standard InChI is InChI=1S/C29H33FN5O2PS/c1-6-14(3)22(24-16(8-31)28(32)39-27(24)20(30)7-2)23-19-13-37-12-18(19)17-9-33-29(34-25(17)26(23)38)35-10-15(4)21(11-35)36-5/h7,9,15,21H,6,10-13,32,38H2,1-5H3/b20-7+,22-14+. The number of nitrogens with zero attached hydrogens (tertiary/aromatic N) is 4. The molecule has 2 aromatic heterocycles. The first-order valence-electron chi connectivity index (χ1n) is 13.1.